The maximum absolute atomic E-state index is 12.2. The number of carbonyl (C=O) groups excluding carboxylic acids is 2. The molecule has 3 rings (SSSR count). The van der Waals surface area contributed by atoms with E-state index in [2.05, 4.69) is 15.8 Å². The Hall–Kier alpha value is -3.64. The maximum atomic E-state index is 12.2. The van der Waals surface area contributed by atoms with E-state index in [1.54, 1.807) is 48.5 Å². The number of nitrogens with one attached hydrogen (secondary N) is 2. The number of aryl methyl sites for hydroxylation is 1. The number of nitrogens with zero attached hydrogens (tertiary/aromatic N) is 1. The Morgan fingerprint density at radius 2 is 1.80 bits per heavy atom. The summed E-state index contributed by atoms with van der Waals surface area (Å²) in [6.07, 6.45) is 1.50. The summed E-state index contributed by atoms with van der Waals surface area (Å²) in [5.74, 6) is -0.420. The summed E-state index contributed by atoms with van der Waals surface area (Å²) in [5, 5.41) is 7.30. The third kappa shape index (κ3) is 6.18. The molecule has 3 aromatic carbocycles. The van der Waals surface area contributed by atoms with Crippen LogP contribution < -0.4 is 15.5 Å². The monoisotopic (exact) mass is 421 g/mol. The summed E-state index contributed by atoms with van der Waals surface area (Å²) in [4.78, 5) is 24.0. The molecule has 0 saturated heterocycles. The van der Waals surface area contributed by atoms with E-state index in [0.29, 0.717) is 16.3 Å². The lowest BCUT2D eigenvalue weighted by Crippen LogP contribution is -2.25. The van der Waals surface area contributed by atoms with Gasteiger partial charge in [-0.2, -0.15) is 5.10 Å². The summed E-state index contributed by atoms with van der Waals surface area (Å²) < 4.78 is 5.32. The molecule has 0 saturated carbocycles. The van der Waals surface area contributed by atoms with Gasteiger partial charge in [0.15, 0.2) is 0 Å². The van der Waals surface area contributed by atoms with Crippen molar-refractivity contribution in [1.29, 1.82) is 0 Å². The number of carbonyl (C=O) groups is 2. The van der Waals surface area contributed by atoms with Crippen LogP contribution in [0.25, 0.3) is 0 Å². The summed E-state index contributed by atoms with van der Waals surface area (Å²) in [6, 6.07) is 21.1. The molecule has 0 bridgehead atoms. The van der Waals surface area contributed by atoms with Crippen molar-refractivity contribution < 1.29 is 14.3 Å². The van der Waals surface area contributed by atoms with Crippen LogP contribution in [0.1, 0.15) is 21.5 Å². The Bertz CT molecular complexity index is 1070. The van der Waals surface area contributed by atoms with Crippen LogP contribution in [-0.2, 0) is 4.79 Å². The van der Waals surface area contributed by atoms with E-state index < -0.39 is 5.97 Å². The Morgan fingerprint density at radius 1 is 1.03 bits per heavy atom. The van der Waals surface area contributed by atoms with Crippen LogP contribution in [0.4, 0.5) is 5.69 Å². The second-order valence-corrected chi connectivity index (χ2v) is 6.86. The fraction of sp³-hybridized carbons (Fsp3) is 0.0870. The average molecular weight is 422 g/mol. The van der Waals surface area contributed by atoms with Gasteiger partial charge in [-0.15, -0.1) is 0 Å². The minimum absolute atomic E-state index is 0.109. The van der Waals surface area contributed by atoms with Crippen molar-refractivity contribution in [2.75, 3.05) is 11.9 Å². The SMILES string of the molecule is Cc1cccc(NCC(=O)N/N=C\c2ccc(OC(=O)c3ccccc3Cl)cc2)c1. The molecular formula is C23H20ClN3O3. The summed E-state index contributed by atoms with van der Waals surface area (Å²) in [6.45, 7) is 2.09. The van der Waals surface area contributed by atoms with E-state index in [4.69, 9.17) is 16.3 Å². The lowest BCUT2D eigenvalue weighted by atomic mass is 10.2. The lowest BCUT2D eigenvalue weighted by molar-refractivity contribution is -0.119. The van der Waals surface area contributed by atoms with Gasteiger partial charge in [0.2, 0.25) is 0 Å². The van der Waals surface area contributed by atoms with Crippen LogP contribution in [0.3, 0.4) is 0 Å². The first-order chi connectivity index (χ1) is 14.5. The van der Waals surface area contributed by atoms with Gasteiger partial charge >= 0.3 is 5.97 Å². The van der Waals surface area contributed by atoms with Crippen LogP contribution in [0.2, 0.25) is 5.02 Å². The van der Waals surface area contributed by atoms with E-state index in [1.165, 1.54) is 6.21 Å². The fourth-order valence-electron chi connectivity index (χ4n) is 2.57. The third-order valence-corrected chi connectivity index (χ3v) is 4.39. The first-order valence-corrected chi connectivity index (χ1v) is 9.58. The highest BCUT2D eigenvalue weighted by atomic mass is 35.5. The molecule has 2 N–H and O–H groups in total. The Morgan fingerprint density at radius 3 is 2.53 bits per heavy atom. The van der Waals surface area contributed by atoms with Crippen LogP contribution >= 0.6 is 11.6 Å². The van der Waals surface area contributed by atoms with E-state index in [9.17, 15) is 9.59 Å². The molecule has 152 valence electrons. The molecule has 0 spiro atoms. The lowest BCUT2D eigenvalue weighted by Gasteiger charge is -2.06. The number of amides is 1. The zero-order valence-corrected chi connectivity index (χ0v) is 17.0. The van der Waals surface area contributed by atoms with E-state index in [0.717, 1.165) is 16.8 Å². The molecular weight excluding hydrogens is 402 g/mol. The molecule has 7 heteroatoms. The minimum Gasteiger partial charge on any atom is -0.423 e. The smallest absolute Gasteiger partial charge is 0.345 e. The van der Waals surface area contributed by atoms with Gasteiger partial charge in [-0.1, -0.05) is 35.9 Å². The van der Waals surface area contributed by atoms with Gasteiger partial charge in [-0.3, -0.25) is 4.79 Å². The quantitative estimate of drug-likeness (QED) is 0.256. The molecule has 6 nitrogen and oxygen atoms in total. The topological polar surface area (TPSA) is 79.8 Å². The predicted molar refractivity (Wildman–Crippen MR) is 118 cm³/mol. The van der Waals surface area contributed by atoms with Gasteiger partial charge in [0.25, 0.3) is 5.91 Å². The highest BCUT2D eigenvalue weighted by Crippen LogP contribution is 2.19. The third-order valence-electron chi connectivity index (χ3n) is 4.06. The van der Waals surface area contributed by atoms with Crippen LogP contribution in [-0.4, -0.2) is 24.6 Å². The normalized spacial score (nSPS) is 10.6. The van der Waals surface area contributed by atoms with E-state index >= 15 is 0 Å². The number of anilines is 1. The van der Waals surface area contributed by atoms with Gasteiger partial charge in [-0.25, -0.2) is 10.2 Å². The molecule has 0 atom stereocenters. The summed E-state index contributed by atoms with van der Waals surface area (Å²) in [5.41, 5.74) is 5.47. The number of hydrogen-bond acceptors (Lipinski definition) is 5. The van der Waals surface area contributed by atoms with E-state index in [1.807, 2.05) is 31.2 Å². The molecule has 0 radical (unpaired) electrons. The highest BCUT2D eigenvalue weighted by Gasteiger charge is 2.11. The van der Waals surface area contributed by atoms with Crippen molar-refractivity contribution in [3.63, 3.8) is 0 Å². The summed E-state index contributed by atoms with van der Waals surface area (Å²) >= 11 is 6.00. The van der Waals surface area contributed by atoms with Crippen molar-refractivity contribution in [1.82, 2.24) is 5.43 Å². The van der Waals surface area contributed by atoms with Gasteiger partial charge in [-0.05, 0) is 66.6 Å². The van der Waals surface area contributed by atoms with E-state index in [-0.39, 0.29) is 12.5 Å². The first kappa shape index (κ1) is 21.1. The predicted octanol–water partition coefficient (Wildman–Crippen LogP) is 4.43. The van der Waals surface area contributed by atoms with Gasteiger partial charge in [0, 0.05) is 5.69 Å². The van der Waals surface area contributed by atoms with Gasteiger partial charge < -0.3 is 10.1 Å². The van der Waals surface area contributed by atoms with Crippen molar-refractivity contribution in [2.24, 2.45) is 5.10 Å². The Kier molecular flexibility index (Phi) is 7.19. The molecule has 30 heavy (non-hydrogen) atoms. The second-order valence-electron chi connectivity index (χ2n) is 6.45. The first-order valence-electron chi connectivity index (χ1n) is 9.20. The standard InChI is InChI=1S/C23H20ClN3O3/c1-16-5-4-6-18(13-16)25-15-22(28)27-26-14-17-9-11-19(12-10-17)30-23(29)20-7-2-3-8-21(20)24/h2-14,25H,15H2,1H3,(H,27,28)/b26-14-. The number of esters is 1. The summed E-state index contributed by atoms with van der Waals surface area (Å²) in [7, 11) is 0. The molecule has 1 amide bonds. The Labute approximate surface area is 179 Å². The molecule has 3 aromatic rings. The number of rotatable bonds is 7. The fourth-order valence-corrected chi connectivity index (χ4v) is 2.78. The molecule has 0 aliphatic rings. The van der Waals surface area contributed by atoms with Crippen LogP contribution in [0, 0.1) is 6.92 Å². The van der Waals surface area contributed by atoms with Gasteiger partial charge in [0.05, 0.1) is 23.3 Å². The number of hydrogen-bond donors (Lipinski definition) is 2. The van der Waals surface area contributed by atoms with Crippen LogP contribution in [0.5, 0.6) is 5.75 Å². The Balaban J connectivity index is 1.48. The molecule has 0 heterocycles. The van der Waals surface area contributed by atoms with Crippen molar-refractivity contribution in [3.8, 4) is 5.75 Å². The second kappa shape index (κ2) is 10.2. The number of benzene rings is 3. The maximum Gasteiger partial charge on any atom is 0.345 e. The minimum atomic E-state index is -0.532. The molecule has 0 fully saturated rings. The molecule has 0 aliphatic heterocycles. The molecule has 0 unspecified atom stereocenters. The highest BCUT2D eigenvalue weighted by molar-refractivity contribution is 6.33. The van der Waals surface area contributed by atoms with Crippen molar-refractivity contribution in [3.05, 3.63) is 94.5 Å². The number of halogens is 1. The van der Waals surface area contributed by atoms with Gasteiger partial charge in [0.1, 0.15) is 5.75 Å². The number of hydrazone groups is 1. The zero-order chi connectivity index (χ0) is 21.3. The largest absolute Gasteiger partial charge is 0.423 e. The molecule has 0 aromatic heterocycles. The number of ether oxygens (including phenoxy) is 1. The average Bonchev–Trinajstić information content (AvgIpc) is 2.74. The molecule has 0 aliphatic carbocycles. The van der Waals surface area contributed by atoms with Crippen molar-refractivity contribution >= 4 is 35.4 Å². The van der Waals surface area contributed by atoms with Crippen LogP contribution in [0.15, 0.2) is 77.9 Å². The zero-order valence-electron chi connectivity index (χ0n) is 16.3. The van der Waals surface area contributed by atoms with Crippen molar-refractivity contribution in [2.45, 2.75) is 6.92 Å².